The molecule has 106 valence electrons. The van der Waals surface area contributed by atoms with Crippen molar-refractivity contribution in [3.05, 3.63) is 0 Å². The molecule has 0 saturated heterocycles. The zero-order valence-corrected chi connectivity index (χ0v) is 12.6. The zero-order valence-electron chi connectivity index (χ0n) is 12.6. The van der Waals surface area contributed by atoms with Crippen molar-refractivity contribution in [3.63, 3.8) is 0 Å². The monoisotopic (exact) mass is 252 g/mol. The van der Waals surface area contributed by atoms with Gasteiger partial charge in [0.25, 0.3) is 0 Å². The van der Waals surface area contributed by atoms with Crippen molar-refractivity contribution in [2.45, 2.75) is 83.3 Å². The minimum absolute atomic E-state index is 0.734. The Morgan fingerprint density at radius 3 is 2.44 bits per heavy atom. The molecule has 2 aliphatic rings. The lowest BCUT2D eigenvalue weighted by atomic mass is 9.81. The summed E-state index contributed by atoms with van der Waals surface area (Å²) < 4.78 is 0. The third kappa shape index (κ3) is 3.48. The molecule has 2 saturated carbocycles. The molecule has 2 nitrogen and oxygen atoms in total. The Bertz CT molecular complexity index is 235. The van der Waals surface area contributed by atoms with Crippen molar-refractivity contribution < 1.29 is 0 Å². The fourth-order valence-corrected chi connectivity index (χ4v) is 4.06. The Labute approximate surface area is 114 Å². The second-order valence-corrected chi connectivity index (χ2v) is 6.61. The van der Waals surface area contributed by atoms with Crippen LogP contribution in [-0.4, -0.2) is 36.6 Å². The normalized spacial score (nSPS) is 35.0. The summed E-state index contributed by atoms with van der Waals surface area (Å²) in [6.45, 7) is 5.80. The van der Waals surface area contributed by atoms with E-state index in [-0.39, 0.29) is 0 Å². The molecule has 0 aromatic carbocycles. The molecule has 2 aliphatic carbocycles. The van der Waals surface area contributed by atoms with Crippen LogP contribution in [0.3, 0.4) is 0 Å². The molecule has 1 N–H and O–H groups in total. The van der Waals surface area contributed by atoms with Crippen LogP contribution >= 0.6 is 0 Å². The summed E-state index contributed by atoms with van der Waals surface area (Å²) in [5, 5.41) is 3.73. The average Bonchev–Trinajstić information content (AvgIpc) is 2.41. The largest absolute Gasteiger partial charge is 0.313 e. The number of hydrogen-bond acceptors (Lipinski definition) is 2. The van der Waals surface area contributed by atoms with Gasteiger partial charge in [-0.3, -0.25) is 4.90 Å². The molecule has 0 aromatic heterocycles. The predicted octanol–water partition coefficient (Wildman–Crippen LogP) is 3.42. The number of nitrogens with one attached hydrogen (secondary N) is 1. The van der Waals surface area contributed by atoms with Crippen LogP contribution in [0.25, 0.3) is 0 Å². The highest BCUT2D eigenvalue weighted by atomic mass is 15.2. The lowest BCUT2D eigenvalue weighted by Crippen LogP contribution is -2.54. The summed E-state index contributed by atoms with van der Waals surface area (Å²) in [5.41, 5.74) is 0. The van der Waals surface area contributed by atoms with Crippen molar-refractivity contribution in [1.29, 1.82) is 0 Å². The molecule has 2 heteroatoms. The summed E-state index contributed by atoms with van der Waals surface area (Å²) in [7, 11) is 2.39. The van der Waals surface area contributed by atoms with Gasteiger partial charge in [-0.1, -0.05) is 33.1 Å². The molecule has 2 fully saturated rings. The second-order valence-electron chi connectivity index (χ2n) is 6.61. The highest BCUT2D eigenvalue weighted by Gasteiger charge is 2.33. The first kappa shape index (κ1) is 14.3. The molecule has 3 unspecified atom stereocenters. The lowest BCUT2D eigenvalue weighted by Gasteiger charge is -2.45. The molecule has 0 amide bonds. The maximum Gasteiger partial charge on any atom is 0.0251 e. The number of nitrogens with zero attached hydrogens (tertiary/aromatic N) is 1. The van der Waals surface area contributed by atoms with Crippen LogP contribution in [-0.2, 0) is 0 Å². The molecule has 0 aliphatic heterocycles. The molecule has 0 radical (unpaired) electrons. The lowest BCUT2D eigenvalue weighted by molar-refractivity contribution is 0.0711. The van der Waals surface area contributed by atoms with Crippen LogP contribution in [0, 0.1) is 5.92 Å². The fraction of sp³-hybridized carbons (Fsp3) is 1.00. The third-order valence-electron chi connectivity index (χ3n) is 5.22. The van der Waals surface area contributed by atoms with Crippen LogP contribution in [0.4, 0.5) is 0 Å². The predicted molar refractivity (Wildman–Crippen MR) is 78.9 cm³/mol. The Morgan fingerprint density at radius 1 is 1.06 bits per heavy atom. The number of rotatable bonds is 4. The van der Waals surface area contributed by atoms with Gasteiger partial charge in [-0.05, 0) is 51.6 Å². The quantitative estimate of drug-likeness (QED) is 0.825. The van der Waals surface area contributed by atoms with Gasteiger partial charge in [-0.15, -0.1) is 0 Å². The van der Waals surface area contributed by atoms with Gasteiger partial charge in [0, 0.05) is 18.1 Å². The van der Waals surface area contributed by atoms with Crippen LogP contribution < -0.4 is 5.32 Å². The van der Waals surface area contributed by atoms with Gasteiger partial charge >= 0.3 is 0 Å². The summed E-state index contributed by atoms with van der Waals surface area (Å²) >= 11 is 0. The zero-order chi connectivity index (χ0) is 13.0. The van der Waals surface area contributed by atoms with Crippen molar-refractivity contribution in [1.82, 2.24) is 10.2 Å². The van der Waals surface area contributed by atoms with Crippen molar-refractivity contribution in [2.24, 2.45) is 5.92 Å². The highest BCUT2D eigenvalue weighted by molar-refractivity contribution is 4.91. The molecular formula is C16H32N2. The van der Waals surface area contributed by atoms with Crippen LogP contribution in [0.5, 0.6) is 0 Å². The Kier molecular flexibility index (Phi) is 5.50. The minimum atomic E-state index is 0.734. The van der Waals surface area contributed by atoms with Gasteiger partial charge in [0.2, 0.25) is 0 Å². The standard InChI is InChI=1S/C16H32N2/c1-4-17-15-11-10-13(2)12-16(15)18(3)14-8-6-5-7-9-14/h13-17H,4-12H2,1-3H3. The second kappa shape index (κ2) is 6.91. The van der Waals surface area contributed by atoms with Crippen LogP contribution in [0.15, 0.2) is 0 Å². The Hall–Kier alpha value is -0.0800. The van der Waals surface area contributed by atoms with Gasteiger partial charge < -0.3 is 5.32 Å². The van der Waals surface area contributed by atoms with Crippen molar-refractivity contribution in [2.75, 3.05) is 13.6 Å². The van der Waals surface area contributed by atoms with E-state index in [1.54, 1.807) is 0 Å². The molecule has 3 atom stereocenters. The first-order valence-corrected chi connectivity index (χ1v) is 8.17. The molecule has 18 heavy (non-hydrogen) atoms. The Balaban J connectivity index is 1.96. The van der Waals surface area contributed by atoms with E-state index in [4.69, 9.17) is 0 Å². The topological polar surface area (TPSA) is 15.3 Å². The number of hydrogen-bond donors (Lipinski definition) is 1. The van der Waals surface area contributed by atoms with E-state index in [0.717, 1.165) is 30.6 Å². The third-order valence-corrected chi connectivity index (χ3v) is 5.22. The summed E-state index contributed by atoms with van der Waals surface area (Å²) in [4.78, 5) is 2.74. The molecule has 0 spiro atoms. The highest BCUT2D eigenvalue weighted by Crippen LogP contribution is 2.31. The van der Waals surface area contributed by atoms with Gasteiger partial charge in [0.1, 0.15) is 0 Å². The van der Waals surface area contributed by atoms with E-state index in [1.807, 2.05) is 0 Å². The van der Waals surface area contributed by atoms with Gasteiger partial charge in [0.15, 0.2) is 0 Å². The number of likely N-dealkylation sites (N-methyl/N-ethyl adjacent to an activating group) is 2. The van der Waals surface area contributed by atoms with E-state index in [0.29, 0.717) is 0 Å². The summed E-state index contributed by atoms with van der Waals surface area (Å²) in [5.74, 6) is 0.913. The van der Waals surface area contributed by atoms with Crippen molar-refractivity contribution >= 4 is 0 Å². The maximum atomic E-state index is 3.73. The van der Waals surface area contributed by atoms with Crippen molar-refractivity contribution in [3.8, 4) is 0 Å². The van der Waals surface area contributed by atoms with E-state index < -0.39 is 0 Å². The van der Waals surface area contributed by atoms with E-state index >= 15 is 0 Å². The maximum absolute atomic E-state index is 3.73. The first-order valence-electron chi connectivity index (χ1n) is 8.17. The first-order chi connectivity index (χ1) is 8.72. The molecule has 0 bridgehead atoms. The van der Waals surface area contributed by atoms with E-state index in [9.17, 15) is 0 Å². The van der Waals surface area contributed by atoms with Gasteiger partial charge in [-0.25, -0.2) is 0 Å². The Morgan fingerprint density at radius 2 is 1.78 bits per heavy atom. The van der Waals surface area contributed by atoms with Gasteiger partial charge in [0.05, 0.1) is 0 Å². The summed E-state index contributed by atoms with van der Waals surface area (Å²) in [6, 6.07) is 2.37. The average molecular weight is 252 g/mol. The van der Waals surface area contributed by atoms with Crippen LogP contribution in [0.2, 0.25) is 0 Å². The fourth-order valence-electron chi connectivity index (χ4n) is 4.06. The molecule has 2 rings (SSSR count). The smallest absolute Gasteiger partial charge is 0.0251 e. The summed E-state index contributed by atoms with van der Waals surface area (Å²) in [6.07, 6.45) is 11.4. The van der Waals surface area contributed by atoms with E-state index in [1.165, 1.54) is 51.4 Å². The van der Waals surface area contributed by atoms with E-state index in [2.05, 4.69) is 31.1 Å². The minimum Gasteiger partial charge on any atom is -0.313 e. The molecule has 0 heterocycles. The molecule has 0 aromatic rings. The van der Waals surface area contributed by atoms with Crippen LogP contribution in [0.1, 0.15) is 65.2 Å². The van der Waals surface area contributed by atoms with Gasteiger partial charge in [-0.2, -0.15) is 0 Å². The molecular weight excluding hydrogens is 220 g/mol. The SMILES string of the molecule is CCNC1CCC(C)CC1N(C)C1CCCCC1.